The van der Waals surface area contributed by atoms with Crippen LogP contribution >= 0.6 is 0 Å². The zero-order chi connectivity index (χ0) is 20.3. The van der Waals surface area contributed by atoms with Gasteiger partial charge in [-0.3, -0.25) is 4.79 Å². The van der Waals surface area contributed by atoms with Crippen molar-refractivity contribution in [3.05, 3.63) is 59.4 Å². The van der Waals surface area contributed by atoms with Crippen LogP contribution < -0.4 is 9.47 Å². The Balaban J connectivity index is 1.77. The van der Waals surface area contributed by atoms with Crippen molar-refractivity contribution in [3.8, 4) is 11.5 Å². The van der Waals surface area contributed by atoms with E-state index in [-0.39, 0.29) is 18.1 Å². The Morgan fingerprint density at radius 3 is 2.57 bits per heavy atom. The van der Waals surface area contributed by atoms with Gasteiger partial charge in [-0.25, -0.2) is 9.40 Å². The third-order valence-electron chi connectivity index (χ3n) is 4.86. The van der Waals surface area contributed by atoms with E-state index in [1.165, 1.54) is 12.1 Å². The van der Waals surface area contributed by atoms with E-state index in [4.69, 9.17) is 9.47 Å². The molecule has 148 valence electrons. The molecule has 0 fully saturated rings. The molecule has 5 nitrogen and oxygen atoms in total. The Bertz CT molecular complexity index is 908. The molecule has 2 aromatic carbocycles. The molecule has 0 saturated carbocycles. The van der Waals surface area contributed by atoms with E-state index >= 15 is 0 Å². The van der Waals surface area contributed by atoms with Crippen molar-refractivity contribution in [1.29, 1.82) is 0 Å². The van der Waals surface area contributed by atoms with Crippen molar-refractivity contribution in [1.82, 2.24) is 5.01 Å². The molecule has 0 atom stereocenters. The first-order valence-corrected chi connectivity index (χ1v) is 9.21. The van der Waals surface area contributed by atoms with Crippen LogP contribution in [0.25, 0.3) is 0 Å². The predicted octanol–water partition coefficient (Wildman–Crippen LogP) is 4.19. The highest BCUT2D eigenvalue weighted by atomic mass is 19.1. The van der Waals surface area contributed by atoms with Crippen LogP contribution in [0.5, 0.6) is 11.5 Å². The van der Waals surface area contributed by atoms with Crippen LogP contribution in [-0.2, 0) is 11.2 Å². The molecule has 0 aromatic heterocycles. The summed E-state index contributed by atoms with van der Waals surface area (Å²) < 4.78 is 24.0. The minimum atomic E-state index is -0.429. The lowest BCUT2D eigenvalue weighted by Crippen LogP contribution is -2.40. The van der Waals surface area contributed by atoms with Crippen LogP contribution in [0.2, 0.25) is 0 Å². The molecule has 28 heavy (non-hydrogen) atoms. The van der Waals surface area contributed by atoms with E-state index in [1.54, 1.807) is 25.3 Å². The summed E-state index contributed by atoms with van der Waals surface area (Å²) in [5.74, 6) is 0.897. The van der Waals surface area contributed by atoms with E-state index in [1.807, 2.05) is 38.1 Å². The fourth-order valence-corrected chi connectivity index (χ4v) is 3.39. The lowest BCUT2D eigenvalue weighted by atomic mass is 9.94. The van der Waals surface area contributed by atoms with Crippen LogP contribution in [0.1, 0.15) is 37.8 Å². The van der Waals surface area contributed by atoms with Gasteiger partial charge in [-0.1, -0.05) is 12.1 Å². The second-order valence-corrected chi connectivity index (χ2v) is 7.44. The van der Waals surface area contributed by atoms with Gasteiger partial charge in [0.05, 0.1) is 25.5 Å². The molecule has 0 saturated heterocycles. The molecule has 1 amide bonds. The quantitative estimate of drug-likeness (QED) is 0.750. The zero-order valence-electron chi connectivity index (χ0n) is 16.7. The van der Waals surface area contributed by atoms with E-state index in [9.17, 15) is 9.18 Å². The molecule has 3 rings (SSSR count). The minimum absolute atomic E-state index is 0.0789. The van der Waals surface area contributed by atoms with E-state index in [0.717, 1.165) is 16.8 Å². The van der Waals surface area contributed by atoms with Gasteiger partial charge in [-0.05, 0) is 56.2 Å². The van der Waals surface area contributed by atoms with Crippen molar-refractivity contribution in [2.45, 2.75) is 38.6 Å². The number of amides is 1. The van der Waals surface area contributed by atoms with Gasteiger partial charge in [0, 0.05) is 18.4 Å². The van der Waals surface area contributed by atoms with Crippen molar-refractivity contribution in [2.24, 2.45) is 5.10 Å². The zero-order valence-corrected chi connectivity index (χ0v) is 16.7. The smallest absolute Gasteiger partial charge is 0.243 e. The fourth-order valence-electron chi connectivity index (χ4n) is 3.39. The summed E-state index contributed by atoms with van der Waals surface area (Å²) in [7, 11) is 3.18. The minimum Gasteiger partial charge on any atom is -0.493 e. The molecule has 0 bridgehead atoms. The van der Waals surface area contributed by atoms with Gasteiger partial charge in [0.2, 0.25) is 5.91 Å². The van der Waals surface area contributed by atoms with Crippen LogP contribution in [0.4, 0.5) is 4.39 Å². The molecular formula is C22H25FN2O3. The highest BCUT2D eigenvalue weighted by molar-refractivity contribution is 6.04. The van der Waals surface area contributed by atoms with Crippen LogP contribution in [0.3, 0.4) is 0 Å². The van der Waals surface area contributed by atoms with Gasteiger partial charge in [-0.2, -0.15) is 5.10 Å². The van der Waals surface area contributed by atoms with Gasteiger partial charge in [0.1, 0.15) is 5.82 Å². The largest absolute Gasteiger partial charge is 0.493 e. The molecule has 1 aliphatic heterocycles. The number of nitrogens with zero attached hydrogens (tertiary/aromatic N) is 2. The summed E-state index contributed by atoms with van der Waals surface area (Å²) in [4.78, 5) is 12.8. The second kappa shape index (κ2) is 8.00. The van der Waals surface area contributed by atoms with Crippen LogP contribution in [0, 0.1) is 5.82 Å². The number of ether oxygens (including phenoxy) is 2. The van der Waals surface area contributed by atoms with Gasteiger partial charge in [0.25, 0.3) is 0 Å². The standard InChI is InChI=1S/C22H25FN2O3/c1-22(2)14-18(16-9-10-19(27-3)20(13-16)28-4)24-25(22)21(26)11-8-15-6-5-7-17(23)12-15/h5-7,9-10,12-13H,8,11,14H2,1-4H3. The summed E-state index contributed by atoms with van der Waals surface area (Å²) in [5.41, 5.74) is 2.09. The third-order valence-corrected chi connectivity index (χ3v) is 4.86. The summed E-state index contributed by atoms with van der Waals surface area (Å²) >= 11 is 0. The number of benzene rings is 2. The SMILES string of the molecule is COc1ccc(C2=NN(C(=O)CCc3cccc(F)c3)C(C)(C)C2)cc1OC. The van der Waals surface area contributed by atoms with Crippen LogP contribution in [0.15, 0.2) is 47.6 Å². The Morgan fingerprint density at radius 1 is 1.14 bits per heavy atom. The normalized spacial score (nSPS) is 15.3. The van der Waals surface area contributed by atoms with Crippen LogP contribution in [-0.4, -0.2) is 36.4 Å². The van der Waals surface area contributed by atoms with Gasteiger partial charge < -0.3 is 9.47 Å². The second-order valence-electron chi connectivity index (χ2n) is 7.44. The maximum absolute atomic E-state index is 13.3. The maximum atomic E-state index is 13.3. The maximum Gasteiger partial charge on any atom is 0.243 e. The topological polar surface area (TPSA) is 51.1 Å². The molecule has 0 spiro atoms. The predicted molar refractivity (Wildman–Crippen MR) is 106 cm³/mol. The fraction of sp³-hybridized carbons (Fsp3) is 0.364. The summed E-state index contributed by atoms with van der Waals surface area (Å²) in [5, 5.41) is 6.16. The van der Waals surface area contributed by atoms with Crippen molar-refractivity contribution in [2.75, 3.05) is 14.2 Å². The average molecular weight is 384 g/mol. The summed E-state index contributed by atoms with van der Waals surface area (Å²) in [6, 6.07) is 11.9. The van der Waals surface area contributed by atoms with Gasteiger partial charge in [0.15, 0.2) is 11.5 Å². The highest BCUT2D eigenvalue weighted by Crippen LogP contribution is 2.33. The number of hydrazone groups is 1. The Kier molecular flexibility index (Phi) is 5.68. The van der Waals surface area contributed by atoms with Crippen molar-refractivity contribution < 1.29 is 18.7 Å². The number of aryl methyl sites for hydroxylation is 1. The molecule has 0 aliphatic carbocycles. The lowest BCUT2D eigenvalue weighted by Gasteiger charge is -2.28. The van der Waals surface area contributed by atoms with Crippen molar-refractivity contribution >= 4 is 11.6 Å². The first-order chi connectivity index (χ1) is 13.3. The number of hydrogen-bond donors (Lipinski definition) is 0. The van der Waals surface area contributed by atoms with E-state index in [0.29, 0.717) is 24.3 Å². The number of methoxy groups -OCH3 is 2. The van der Waals surface area contributed by atoms with E-state index in [2.05, 4.69) is 5.10 Å². The first-order valence-electron chi connectivity index (χ1n) is 9.21. The number of hydrogen-bond acceptors (Lipinski definition) is 4. The molecule has 2 aromatic rings. The number of rotatable bonds is 6. The monoisotopic (exact) mass is 384 g/mol. The molecule has 0 N–H and O–H groups in total. The number of halogens is 1. The van der Waals surface area contributed by atoms with E-state index < -0.39 is 5.54 Å². The Hall–Kier alpha value is -2.89. The number of carbonyl (C=O) groups is 1. The van der Waals surface area contributed by atoms with Gasteiger partial charge in [-0.15, -0.1) is 0 Å². The molecular weight excluding hydrogens is 359 g/mol. The summed E-state index contributed by atoms with van der Waals surface area (Å²) in [6.45, 7) is 3.98. The molecule has 0 radical (unpaired) electrons. The molecule has 6 heteroatoms. The Labute approximate surface area is 164 Å². The van der Waals surface area contributed by atoms with Gasteiger partial charge >= 0.3 is 0 Å². The average Bonchev–Trinajstić information content (AvgIpc) is 3.01. The molecule has 1 aliphatic rings. The highest BCUT2D eigenvalue weighted by Gasteiger charge is 2.38. The summed E-state index contributed by atoms with van der Waals surface area (Å²) in [6.07, 6.45) is 1.38. The van der Waals surface area contributed by atoms with Crippen molar-refractivity contribution in [3.63, 3.8) is 0 Å². The lowest BCUT2D eigenvalue weighted by molar-refractivity contribution is -0.135. The molecule has 1 heterocycles. The number of carbonyl (C=O) groups excluding carboxylic acids is 1. The molecule has 0 unspecified atom stereocenters. The Morgan fingerprint density at radius 2 is 1.89 bits per heavy atom. The first kappa shape index (κ1) is 19.9. The third kappa shape index (κ3) is 4.16.